The number of hydrogen-bond donors (Lipinski definition) is 0. The number of aromatic nitrogens is 2. The summed E-state index contributed by atoms with van der Waals surface area (Å²) in [6.45, 7) is 9.45. The predicted molar refractivity (Wildman–Crippen MR) is 77.5 cm³/mol. The normalized spacial score (nSPS) is 16.8. The molecule has 1 aliphatic heterocycles. The van der Waals surface area contributed by atoms with Crippen molar-refractivity contribution in [2.75, 3.05) is 31.1 Å². The summed E-state index contributed by atoms with van der Waals surface area (Å²) >= 11 is 1.47. The Bertz CT molecular complexity index is 432. The van der Waals surface area contributed by atoms with Crippen LogP contribution in [0, 0.1) is 5.92 Å². The number of aryl methyl sites for hydroxylation is 1. The van der Waals surface area contributed by atoms with E-state index in [9.17, 15) is 4.79 Å². The highest BCUT2D eigenvalue weighted by Crippen LogP contribution is 2.19. The second kappa shape index (κ2) is 6.32. The zero-order chi connectivity index (χ0) is 13.8. The molecule has 1 fully saturated rings. The second-order valence-electron chi connectivity index (χ2n) is 5.17. The van der Waals surface area contributed by atoms with Crippen molar-refractivity contribution in [1.82, 2.24) is 14.3 Å². The Balaban J connectivity index is 1.98. The maximum atomic E-state index is 12.0. The maximum Gasteiger partial charge on any atom is 0.225 e. The molecule has 6 heteroatoms. The summed E-state index contributed by atoms with van der Waals surface area (Å²) in [5.74, 6) is 1.26. The monoisotopic (exact) mass is 282 g/mol. The van der Waals surface area contributed by atoms with Crippen LogP contribution in [0.15, 0.2) is 0 Å². The summed E-state index contributed by atoms with van der Waals surface area (Å²) < 4.78 is 4.33. The molecule has 1 aromatic heterocycles. The average molecular weight is 282 g/mol. The Labute approximate surface area is 118 Å². The highest BCUT2D eigenvalue weighted by atomic mass is 32.1. The molecule has 2 heterocycles. The van der Waals surface area contributed by atoms with Crippen LogP contribution in [0.1, 0.15) is 33.0 Å². The lowest BCUT2D eigenvalue weighted by Gasteiger charge is -2.23. The number of carbonyl (C=O) groups excluding carboxylic acids is 1. The van der Waals surface area contributed by atoms with Crippen LogP contribution in [-0.2, 0) is 11.2 Å². The lowest BCUT2D eigenvalue weighted by Crippen LogP contribution is -2.37. The van der Waals surface area contributed by atoms with Gasteiger partial charge in [-0.2, -0.15) is 4.37 Å². The predicted octanol–water partition coefficient (Wildman–Crippen LogP) is 1.80. The van der Waals surface area contributed by atoms with Gasteiger partial charge in [0.25, 0.3) is 0 Å². The van der Waals surface area contributed by atoms with Crippen LogP contribution in [0.25, 0.3) is 0 Å². The van der Waals surface area contributed by atoms with Gasteiger partial charge in [0.15, 0.2) is 0 Å². The summed E-state index contributed by atoms with van der Waals surface area (Å²) in [4.78, 5) is 20.8. The van der Waals surface area contributed by atoms with Crippen LogP contribution in [-0.4, -0.2) is 46.3 Å². The van der Waals surface area contributed by atoms with Gasteiger partial charge < -0.3 is 9.80 Å². The number of anilines is 1. The number of hydrogen-bond acceptors (Lipinski definition) is 5. The van der Waals surface area contributed by atoms with Gasteiger partial charge in [-0.05, 0) is 6.42 Å². The van der Waals surface area contributed by atoms with Crippen LogP contribution in [0.3, 0.4) is 0 Å². The van der Waals surface area contributed by atoms with Crippen LogP contribution in [0.5, 0.6) is 0 Å². The van der Waals surface area contributed by atoms with Crippen molar-refractivity contribution in [3.05, 3.63) is 5.82 Å². The van der Waals surface area contributed by atoms with Crippen molar-refractivity contribution < 1.29 is 4.79 Å². The summed E-state index contributed by atoms with van der Waals surface area (Å²) in [5, 5.41) is 0.996. The van der Waals surface area contributed by atoms with Crippen LogP contribution < -0.4 is 4.90 Å². The van der Waals surface area contributed by atoms with Crippen molar-refractivity contribution in [2.45, 2.75) is 33.6 Å². The fourth-order valence-electron chi connectivity index (χ4n) is 2.21. The molecular formula is C13H22N4OS. The largest absolute Gasteiger partial charge is 0.345 e. The molecule has 0 radical (unpaired) electrons. The average Bonchev–Trinajstić information content (AvgIpc) is 2.75. The molecule has 0 aliphatic carbocycles. The van der Waals surface area contributed by atoms with E-state index in [1.807, 2.05) is 18.7 Å². The van der Waals surface area contributed by atoms with E-state index in [0.717, 1.165) is 50.0 Å². The van der Waals surface area contributed by atoms with Crippen molar-refractivity contribution in [2.24, 2.45) is 5.92 Å². The molecule has 0 spiro atoms. The maximum absolute atomic E-state index is 12.0. The van der Waals surface area contributed by atoms with E-state index >= 15 is 0 Å². The molecule has 1 aromatic rings. The zero-order valence-corrected chi connectivity index (χ0v) is 12.7. The second-order valence-corrected chi connectivity index (χ2v) is 5.90. The van der Waals surface area contributed by atoms with Gasteiger partial charge in [-0.3, -0.25) is 4.79 Å². The summed E-state index contributed by atoms with van der Waals surface area (Å²) in [6, 6.07) is 0. The number of nitrogens with zero attached hydrogens (tertiary/aromatic N) is 4. The topological polar surface area (TPSA) is 49.3 Å². The summed E-state index contributed by atoms with van der Waals surface area (Å²) in [5.41, 5.74) is 0. The first-order chi connectivity index (χ1) is 9.11. The number of carbonyl (C=O) groups is 1. The van der Waals surface area contributed by atoms with Gasteiger partial charge in [0, 0.05) is 50.1 Å². The lowest BCUT2D eigenvalue weighted by atomic mass is 10.2. The highest BCUT2D eigenvalue weighted by Gasteiger charge is 2.22. The molecule has 1 saturated heterocycles. The zero-order valence-electron chi connectivity index (χ0n) is 11.9. The van der Waals surface area contributed by atoms with Crippen molar-refractivity contribution in [3.63, 3.8) is 0 Å². The first kappa shape index (κ1) is 14.2. The standard InChI is InChI=1S/C13H22N4OS/c1-4-11-14-13(19-15-11)17-7-5-6-16(8-9-17)12(18)10(2)3/h10H,4-9H2,1-3H3. The van der Waals surface area contributed by atoms with Gasteiger partial charge in [-0.15, -0.1) is 0 Å². The Morgan fingerprint density at radius 2 is 2.11 bits per heavy atom. The first-order valence-corrected chi connectivity index (χ1v) is 7.75. The molecule has 1 aliphatic rings. The quantitative estimate of drug-likeness (QED) is 0.848. The van der Waals surface area contributed by atoms with Gasteiger partial charge in [-0.25, -0.2) is 4.98 Å². The Morgan fingerprint density at radius 3 is 2.74 bits per heavy atom. The minimum atomic E-state index is 0.0831. The Kier molecular flexibility index (Phi) is 4.74. The molecule has 0 atom stereocenters. The van der Waals surface area contributed by atoms with E-state index in [2.05, 4.69) is 21.2 Å². The summed E-state index contributed by atoms with van der Waals surface area (Å²) in [6.07, 6.45) is 1.88. The fourth-order valence-corrected chi connectivity index (χ4v) is 3.01. The van der Waals surface area contributed by atoms with E-state index in [0.29, 0.717) is 0 Å². The molecule has 0 N–H and O–H groups in total. The molecule has 2 rings (SSSR count). The van der Waals surface area contributed by atoms with E-state index in [1.54, 1.807) is 0 Å². The van der Waals surface area contributed by atoms with E-state index < -0.39 is 0 Å². The minimum absolute atomic E-state index is 0.0831. The SMILES string of the molecule is CCc1nsc(N2CCCN(C(=O)C(C)C)CC2)n1. The first-order valence-electron chi connectivity index (χ1n) is 6.98. The van der Waals surface area contributed by atoms with Gasteiger partial charge in [-0.1, -0.05) is 20.8 Å². The molecule has 1 amide bonds. The van der Waals surface area contributed by atoms with Gasteiger partial charge >= 0.3 is 0 Å². The van der Waals surface area contributed by atoms with Gasteiger partial charge in [0.1, 0.15) is 5.82 Å². The van der Waals surface area contributed by atoms with Crippen LogP contribution in [0.2, 0.25) is 0 Å². The molecule has 5 nitrogen and oxygen atoms in total. The molecule has 0 saturated carbocycles. The van der Waals surface area contributed by atoms with E-state index in [-0.39, 0.29) is 11.8 Å². The molecular weight excluding hydrogens is 260 g/mol. The summed E-state index contributed by atoms with van der Waals surface area (Å²) in [7, 11) is 0. The molecule has 0 bridgehead atoms. The Hall–Kier alpha value is -1.17. The molecule has 0 unspecified atom stereocenters. The van der Waals surface area contributed by atoms with E-state index in [4.69, 9.17) is 0 Å². The van der Waals surface area contributed by atoms with Gasteiger partial charge in [0.05, 0.1) is 0 Å². The van der Waals surface area contributed by atoms with Crippen LogP contribution >= 0.6 is 11.5 Å². The number of rotatable bonds is 3. The van der Waals surface area contributed by atoms with Crippen LogP contribution in [0.4, 0.5) is 5.13 Å². The van der Waals surface area contributed by atoms with Crippen molar-refractivity contribution in [3.8, 4) is 0 Å². The molecule has 19 heavy (non-hydrogen) atoms. The molecule has 106 valence electrons. The minimum Gasteiger partial charge on any atom is -0.345 e. The lowest BCUT2D eigenvalue weighted by molar-refractivity contribution is -0.134. The highest BCUT2D eigenvalue weighted by molar-refractivity contribution is 7.09. The van der Waals surface area contributed by atoms with Crippen molar-refractivity contribution in [1.29, 1.82) is 0 Å². The van der Waals surface area contributed by atoms with E-state index in [1.165, 1.54) is 11.5 Å². The Morgan fingerprint density at radius 1 is 1.32 bits per heavy atom. The molecule has 0 aromatic carbocycles. The fraction of sp³-hybridized carbons (Fsp3) is 0.769. The smallest absolute Gasteiger partial charge is 0.225 e. The third-order valence-electron chi connectivity index (χ3n) is 3.35. The number of amides is 1. The third kappa shape index (κ3) is 3.43. The van der Waals surface area contributed by atoms with Gasteiger partial charge in [0.2, 0.25) is 11.0 Å². The van der Waals surface area contributed by atoms with Crippen molar-refractivity contribution >= 4 is 22.6 Å². The third-order valence-corrected chi connectivity index (χ3v) is 4.16.